The summed E-state index contributed by atoms with van der Waals surface area (Å²) in [6.07, 6.45) is 0. The third kappa shape index (κ3) is 4.18. The fraction of sp³-hybridized carbons (Fsp3) is 0.188. The van der Waals surface area contributed by atoms with Crippen LogP contribution in [-0.4, -0.2) is 49.7 Å². The molecule has 0 amide bonds. The van der Waals surface area contributed by atoms with E-state index in [1.54, 1.807) is 0 Å². The Labute approximate surface area is 236 Å². The van der Waals surface area contributed by atoms with Crippen molar-refractivity contribution in [2.24, 2.45) is 0 Å². The first-order chi connectivity index (χ1) is 18.5. The summed E-state index contributed by atoms with van der Waals surface area (Å²) in [4.78, 5) is 0. The molecule has 7 heteroatoms. The molecule has 1 aliphatic rings. The highest BCUT2D eigenvalue weighted by Gasteiger charge is 2.52. The van der Waals surface area contributed by atoms with Gasteiger partial charge < -0.3 is 9.31 Å². The third-order valence-electron chi connectivity index (χ3n) is 8.42. The molecule has 0 aromatic heterocycles. The van der Waals surface area contributed by atoms with Crippen molar-refractivity contribution in [3.05, 3.63) is 78.9 Å². The topological polar surface area (TPSA) is 18.5 Å². The molecule has 0 spiro atoms. The van der Waals surface area contributed by atoms with E-state index in [-0.39, 0.29) is 10.9 Å². The average Bonchev–Trinajstić information content (AvgIpc) is 3.12. The summed E-state index contributed by atoms with van der Waals surface area (Å²) in [5.74, 6) is 0. The smallest absolute Gasteiger partial charge is 0.399 e. The van der Waals surface area contributed by atoms with Gasteiger partial charge in [-0.1, -0.05) is 77.7 Å². The van der Waals surface area contributed by atoms with Crippen LogP contribution in [0.2, 0.25) is 0 Å². The molecule has 1 fully saturated rings. The first-order valence-corrected chi connectivity index (χ1v) is 13.1. The van der Waals surface area contributed by atoms with Gasteiger partial charge in [0.25, 0.3) is 0 Å². The number of benzene rings is 5. The van der Waals surface area contributed by atoms with Crippen molar-refractivity contribution < 1.29 is 9.31 Å². The Morgan fingerprint density at radius 3 is 1.85 bits per heavy atom. The largest absolute Gasteiger partial charge is 0.493 e. The standard InChI is InChI=1S/C32H25B5O2/c1-31(2)32(3,4)39-37(38-31)30-27(34)25(26(33)28(35)29(30)36)22-15-13-19-16-21(14-12-20(19)17-22)24-11-7-9-18-8-5-6-10-23(18)24/h5-17H,1-4H3. The Bertz CT molecular complexity index is 1760. The van der Waals surface area contributed by atoms with E-state index in [9.17, 15) is 0 Å². The Hall–Kier alpha value is -3.14. The quantitative estimate of drug-likeness (QED) is 0.359. The van der Waals surface area contributed by atoms with Crippen LogP contribution in [0.25, 0.3) is 43.8 Å². The van der Waals surface area contributed by atoms with Gasteiger partial charge in [0.1, 0.15) is 31.4 Å². The van der Waals surface area contributed by atoms with Crippen molar-refractivity contribution in [1.29, 1.82) is 0 Å². The molecule has 1 heterocycles. The first kappa shape index (κ1) is 26.1. The maximum atomic E-state index is 6.76. The van der Waals surface area contributed by atoms with Gasteiger partial charge >= 0.3 is 7.12 Å². The van der Waals surface area contributed by atoms with Crippen LogP contribution in [0.1, 0.15) is 27.7 Å². The minimum Gasteiger partial charge on any atom is -0.399 e. The molecule has 0 atom stereocenters. The summed E-state index contributed by atoms with van der Waals surface area (Å²) in [6.45, 7) is 7.93. The van der Waals surface area contributed by atoms with Crippen LogP contribution < -0.4 is 27.3 Å². The summed E-state index contributed by atoms with van der Waals surface area (Å²) in [5, 5.41) is 4.61. The summed E-state index contributed by atoms with van der Waals surface area (Å²) in [5.41, 5.74) is 4.55. The van der Waals surface area contributed by atoms with Crippen molar-refractivity contribution in [2.45, 2.75) is 38.9 Å². The molecule has 39 heavy (non-hydrogen) atoms. The van der Waals surface area contributed by atoms with E-state index in [2.05, 4.69) is 72.8 Å². The van der Waals surface area contributed by atoms with Gasteiger partial charge in [0.05, 0.1) is 11.2 Å². The number of rotatable bonds is 3. The van der Waals surface area contributed by atoms with Crippen LogP contribution in [0.3, 0.4) is 0 Å². The molecule has 0 N–H and O–H groups in total. The van der Waals surface area contributed by atoms with E-state index in [1.807, 2.05) is 33.8 Å². The van der Waals surface area contributed by atoms with Crippen molar-refractivity contribution in [3.8, 4) is 22.3 Å². The predicted molar refractivity (Wildman–Crippen MR) is 170 cm³/mol. The minimum atomic E-state index is -0.764. The monoisotopic (exact) mass is 496 g/mol. The van der Waals surface area contributed by atoms with Crippen LogP contribution in [0.5, 0.6) is 0 Å². The van der Waals surface area contributed by atoms with E-state index in [0.29, 0.717) is 22.0 Å². The molecule has 8 radical (unpaired) electrons. The summed E-state index contributed by atoms with van der Waals surface area (Å²) >= 11 is 0. The first-order valence-electron chi connectivity index (χ1n) is 13.1. The Balaban J connectivity index is 1.46. The van der Waals surface area contributed by atoms with E-state index >= 15 is 0 Å². The lowest BCUT2D eigenvalue weighted by Crippen LogP contribution is -2.61. The fourth-order valence-electron chi connectivity index (χ4n) is 5.42. The highest BCUT2D eigenvalue weighted by Crippen LogP contribution is 2.36. The second-order valence-corrected chi connectivity index (χ2v) is 11.3. The molecule has 0 bridgehead atoms. The molecular formula is C32H25B5O2. The average molecular weight is 496 g/mol. The fourth-order valence-corrected chi connectivity index (χ4v) is 5.42. The van der Waals surface area contributed by atoms with Crippen molar-refractivity contribution in [3.63, 3.8) is 0 Å². The van der Waals surface area contributed by atoms with Gasteiger partial charge in [-0.05, 0) is 89.1 Å². The molecule has 5 aromatic rings. The molecule has 5 aromatic carbocycles. The molecule has 0 aliphatic carbocycles. The van der Waals surface area contributed by atoms with E-state index in [1.165, 1.54) is 16.3 Å². The van der Waals surface area contributed by atoms with Gasteiger partial charge in [0, 0.05) is 0 Å². The Morgan fingerprint density at radius 1 is 0.564 bits per heavy atom. The van der Waals surface area contributed by atoms with E-state index < -0.39 is 18.3 Å². The van der Waals surface area contributed by atoms with Crippen LogP contribution in [0.4, 0.5) is 0 Å². The van der Waals surface area contributed by atoms with Gasteiger partial charge in [0.2, 0.25) is 0 Å². The van der Waals surface area contributed by atoms with Crippen molar-refractivity contribution >= 4 is 87.4 Å². The highest BCUT2D eigenvalue weighted by molar-refractivity contribution is 6.77. The van der Waals surface area contributed by atoms with Crippen LogP contribution in [0.15, 0.2) is 78.9 Å². The number of hydrogen-bond acceptors (Lipinski definition) is 2. The van der Waals surface area contributed by atoms with Gasteiger partial charge in [-0.25, -0.2) is 0 Å². The van der Waals surface area contributed by atoms with E-state index in [0.717, 1.165) is 21.9 Å². The molecule has 0 unspecified atom stereocenters. The zero-order chi connectivity index (χ0) is 27.7. The normalized spacial score (nSPS) is 16.3. The minimum absolute atomic E-state index is 0.273. The SMILES string of the molecule is [B]c1c([B])c(B2OC(C)(C)C(C)(C)O2)c([B])c(-c2ccc3cc(-c4cccc5ccccc45)ccc3c2)c1[B]. The lowest BCUT2D eigenvalue weighted by molar-refractivity contribution is 0.00578. The molecule has 1 saturated heterocycles. The van der Waals surface area contributed by atoms with Crippen LogP contribution in [0, 0.1) is 0 Å². The molecule has 0 saturated carbocycles. The highest BCUT2D eigenvalue weighted by atomic mass is 16.7. The molecule has 180 valence electrons. The van der Waals surface area contributed by atoms with Gasteiger partial charge in [-0.3, -0.25) is 0 Å². The second kappa shape index (κ2) is 9.22. The summed E-state index contributed by atoms with van der Waals surface area (Å²) in [6, 6.07) is 27.5. The zero-order valence-corrected chi connectivity index (χ0v) is 22.7. The lowest BCUT2D eigenvalue weighted by atomic mass is 9.56. The maximum Gasteiger partial charge on any atom is 0.493 e. The third-order valence-corrected chi connectivity index (χ3v) is 8.42. The van der Waals surface area contributed by atoms with Crippen molar-refractivity contribution in [2.75, 3.05) is 0 Å². The lowest BCUT2D eigenvalue weighted by Gasteiger charge is -2.32. The molecule has 2 nitrogen and oxygen atoms in total. The molecule has 1 aliphatic heterocycles. The van der Waals surface area contributed by atoms with Gasteiger partial charge in [-0.15, -0.1) is 10.9 Å². The Morgan fingerprint density at radius 2 is 1.15 bits per heavy atom. The number of hydrogen-bond donors (Lipinski definition) is 0. The van der Waals surface area contributed by atoms with Gasteiger partial charge in [0.15, 0.2) is 0 Å². The predicted octanol–water partition coefficient (Wildman–Crippen LogP) is 2.80. The Kier molecular flexibility index (Phi) is 6.17. The van der Waals surface area contributed by atoms with Crippen molar-refractivity contribution in [1.82, 2.24) is 0 Å². The van der Waals surface area contributed by atoms with Gasteiger partial charge in [-0.2, -0.15) is 0 Å². The van der Waals surface area contributed by atoms with Crippen LogP contribution >= 0.6 is 0 Å². The maximum absolute atomic E-state index is 6.76. The zero-order valence-electron chi connectivity index (χ0n) is 22.7. The summed E-state index contributed by atoms with van der Waals surface area (Å²) < 4.78 is 12.5. The second-order valence-electron chi connectivity index (χ2n) is 11.3. The molecule has 6 rings (SSSR count). The number of fused-ring (bicyclic) bond motifs is 2. The molecular weight excluding hydrogens is 470 g/mol. The summed E-state index contributed by atoms with van der Waals surface area (Å²) in [7, 11) is 25.4. The van der Waals surface area contributed by atoms with Crippen LogP contribution in [-0.2, 0) is 9.31 Å². The van der Waals surface area contributed by atoms with E-state index in [4.69, 9.17) is 40.7 Å².